The third-order valence-electron chi connectivity index (χ3n) is 3.51. The Bertz CT molecular complexity index is 922. The van der Waals surface area contributed by atoms with Crippen LogP contribution in [0.25, 0.3) is 11.4 Å². The number of amides is 1. The minimum absolute atomic E-state index is 0.103. The summed E-state index contributed by atoms with van der Waals surface area (Å²) >= 11 is 0. The van der Waals surface area contributed by atoms with Crippen molar-refractivity contribution in [2.24, 2.45) is 0 Å². The SMILES string of the molecule is CC(=O)c1ccc(F)cc1NC(=O)Cn1cnc(-c2ccccc2)n1. The fraction of sp³-hybridized carbons (Fsp3) is 0.111. The number of nitrogens with one attached hydrogen (secondary N) is 1. The van der Waals surface area contributed by atoms with E-state index in [-0.39, 0.29) is 23.6 Å². The quantitative estimate of drug-likeness (QED) is 0.726. The van der Waals surface area contributed by atoms with Crippen molar-refractivity contribution in [2.75, 3.05) is 5.32 Å². The highest BCUT2D eigenvalue weighted by molar-refractivity contribution is 6.03. The summed E-state index contributed by atoms with van der Waals surface area (Å²) in [4.78, 5) is 27.9. The van der Waals surface area contributed by atoms with E-state index in [4.69, 9.17) is 0 Å². The fourth-order valence-corrected chi connectivity index (χ4v) is 2.35. The van der Waals surface area contributed by atoms with Crippen LogP contribution in [0.3, 0.4) is 0 Å². The van der Waals surface area contributed by atoms with E-state index in [0.29, 0.717) is 5.82 Å². The van der Waals surface area contributed by atoms with Crippen LogP contribution >= 0.6 is 0 Å². The van der Waals surface area contributed by atoms with Crippen LogP contribution in [0.2, 0.25) is 0 Å². The molecule has 0 saturated carbocycles. The number of carbonyl (C=O) groups excluding carboxylic acids is 2. The van der Waals surface area contributed by atoms with Crippen molar-refractivity contribution < 1.29 is 14.0 Å². The van der Waals surface area contributed by atoms with Crippen molar-refractivity contribution in [3.8, 4) is 11.4 Å². The first-order valence-corrected chi connectivity index (χ1v) is 7.58. The molecular formula is C18H15FN4O2. The lowest BCUT2D eigenvalue weighted by Crippen LogP contribution is -2.20. The van der Waals surface area contributed by atoms with Gasteiger partial charge >= 0.3 is 0 Å². The largest absolute Gasteiger partial charge is 0.324 e. The number of aromatic nitrogens is 3. The second-order valence-electron chi connectivity index (χ2n) is 5.43. The summed E-state index contributed by atoms with van der Waals surface area (Å²) in [7, 11) is 0. The predicted octanol–water partition coefficient (Wildman–Crippen LogP) is 2.93. The van der Waals surface area contributed by atoms with Crippen LogP contribution in [0.4, 0.5) is 10.1 Å². The van der Waals surface area contributed by atoms with Gasteiger partial charge in [0, 0.05) is 11.1 Å². The van der Waals surface area contributed by atoms with E-state index in [1.165, 1.54) is 30.1 Å². The molecule has 0 aliphatic carbocycles. The highest BCUT2D eigenvalue weighted by atomic mass is 19.1. The molecule has 25 heavy (non-hydrogen) atoms. The number of hydrogen-bond donors (Lipinski definition) is 1. The maximum atomic E-state index is 13.4. The molecule has 0 unspecified atom stereocenters. The van der Waals surface area contributed by atoms with E-state index in [0.717, 1.165) is 11.6 Å². The minimum Gasteiger partial charge on any atom is -0.324 e. The Hall–Kier alpha value is -3.35. The zero-order chi connectivity index (χ0) is 17.8. The van der Waals surface area contributed by atoms with Crippen LogP contribution in [-0.4, -0.2) is 26.5 Å². The summed E-state index contributed by atoms with van der Waals surface area (Å²) in [6, 6.07) is 13.0. The molecule has 0 atom stereocenters. The second kappa shape index (κ2) is 7.04. The Balaban J connectivity index is 1.73. The highest BCUT2D eigenvalue weighted by Gasteiger charge is 2.13. The first-order chi connectivity index (χ1) is 12.0. The number of nitrogens with zero attached hydrogens (tertiary/aromatic N) is 3. The molecule has 0 saturated heterocycles. The zero-order valence-electron chi connectivity index (χ0n) is 13.4. The third kappa shape index (κ3) is 3.95. The Morgan fingerprint density at radius 1 is 1.16 bits per heavy atom. The number of ketones is 1. The van der Waals surface area contributed by atoms with Crippen molar-refractivity contribution in [1.82, 2.24) is 14.8 Å². The standard InChI is InChI=1S/C18H15FN4O2/c1-12(24)15-8-7-14(19)9-16(15)21-17(25)10-23-11-20-18(22-23)13-5-3-2-4-6-13/h2-9,11H,10H2,1H3,(H,21,25). The van der Waals surface area contributed by atoms with Gasteiger partial charge in [0.25, 0.3) is 0 Å². The maximum Gasteiger partial charge on any atom is 0.246 e. The van der Waals surface area contributed by atoms with Crippen LogP contribution in [0.5, 0.6) is 0 Å². The summed E-state index contributed by atoms with van der Waals surface area (Å²) in [5.74, 6) is -0.726. The molecule has 0 aliphatic heterocycles. The second-order valence-corrected chi connectivity index (χ2v) is 5.43. The summed E-state index contributed by atoms with van der Waals surface area (Å²) in [6.45, 7) is 1.25. The minimum atomic E-state index is -0.535. The summed E-state index contributed by atoms with van der Waals surface area (Å²) in [5.41, 5.74) is 1.23. The van der Waals surface area contributed by atoms with E-state index < -0.39 is 11.7 Å². The molecule has 0 aliphatic rings. The molecule has 3 aromatic rings. The highest BCUT2D eigenvalue weighted by Crippen LogP contribution is 2.18. The van der Waals surface area contributed by atoms with Gasteiger partial charge in [-0.15, -0.1) is 0 Å². The predicted molar refractivity (Wildman–Crippen MR) is 90.5 cm³/mol. The Labute approximate surface area is 143 Å². The molecule has 126 valence electrons. The Morgan fingerprint density at radius 3 is 2.64 bits per heavy atom. The van der Waals surface area contributed by atoms with E-state index in [1.54, 1.807) is 0 Å². The van der Waals surface area contributed by atoms with Gasteiger partial charge in [-0.05, 0) is 25.1 Å². The number of halogens is 1. The zero-order valence-corrected chi connectivity index (χ0v) is 13.4. The molecule has 7 heteroatoms. The average Bonchev–Trinajstić information content (AvgIpc) is 3.03. The van der Waals surface area contributed by atoms with Crippen molar-refractivity contribution >= 4 is 17.4 Å². The molecule has 0 radical (unpaired) electrons. The lowest BCUT2D eigenvalue weighted by Gasteiger charge is -2.09. The molecule has 1 N–H and O–H groups in total. The first kappa shape index (κ1) is 16.5. The van der Waals surface area contributed by atoms with Crippen molar-refractivity contribution in [3.05, 3.63) is 66.2 Å². The molecule has 2 aromatic carbocycles. The van der Waals surface area contributed by atoms with Crippen LogP contribution in [0, 0.1) is 5.82 Å². The van der Waals surface area contributed by atoms with Crippen LogP contribution in [0.1, 0.15) is 17.3 Å². The monoisotopic (exact) mass is 338 g/mol. The van der Waals surface area contributed by atoms with Gasteiger partial charge in [0.05, 0.1) is 5.69 Å². The average molecular weight is 338 g/mol. The number of carbonyl (C=O) groups is 2. The van der Waals surface area contributed by atoms with Gasteiger partial charge in [-0.2, -0.15) is 5.10 Å². The van der Waals surface area contributed by atoms with E-state index in [1.807, 2.05) is 30.3 Å². The number of hydrogen-bond acceptors (Lipinski definition) is 4. The molecular weight excluding hydrogens is 323 g/mol. The van der Waals surface area contributed by atoms with E-state index in [9.17, 15) is 14.0 Å². The summed E-state index contributed by atoms with van der Waals surface area (Å²) < 4.78 is 14.8. The van der Waals surface area contributed by atoms with Gasteiger partial charge in [-0.25, -0.2) is 14.1 Å². The number of Topliss-reactive ketones (excluding diaryl/α,β-unsaturated/α-hetero) is 1. The van der Waals surface area contributed by atoms with Gasteiger partial charge in [0.1, 0.15) is 18.7 Å². The maximum absolute atomic E-state index is 13.4. The summed E-state index contributed by atoms with van der Waals surface area (Å²) in [5, 5.41) is 6.78. The van der Waals surface area contributed by atoms with Gasteiger partial charge in [0.2, 0.25) is 5.91 Å². The third-order valence-corrected chi connectivity index (χ3v) is 3.51. The molecule has 0 spiro atoms. The van der Waals surface area contributed by atoms with Gasteiger partial charge < -0.3 is 5.32 Å². The number of anilines is 1. The fourth-order valence-electron chi connectivity index (χ4n) is 2.35. The lowest BCUT2D eigenvalue weighted by molar-refractivity contribution is -0.116. The van der Waals surface area contributed by atoms with Crippen LogP contribution in [-0.2, 0) is 11.3 Å². The molecule has 6 nitrogen and oxygen atoms in total. The molecule has 0 bridgehead atoms. The number of rotatable bonds is 5. The Kier molecular flexibility index (Phi) is 4.65. The normalized spacial score (nSPS) is 10.5. The lowest BCUT2D eigenvalue weighted by atomic mass is 10.1. The molecule has 0 fully saturated rings. The van der Waals surface area contributed by atoms with Gasteiger partial charge in [0.15, 0.2) is 11.6 Å². The van der Waals surface area contributed by atoms with E-state index in [2.05, 4.69) is 15.4 Å². The van der Waals surface area contributed by atoms with Crippen molar-refractivity contribution in [1.29, 1.82) is 0 Å². The van der Waals surface area contributed by atoms with Crippen molar-refractivity contribution in [3.63, 3.8) is 0 Å². The molecule has 3 rings (SSSR count). The first-order valence-electron chi connectivity index (χ1n) is 7.58. The summed E-state index contributed by atoms with van der Waals surface area (Å²) in [6.07, 6.45) is 1.44. The van der Waals surface area contributed by atoms with Gasteiger partial charge in [-0.1, -0.05) is 30.3 Å². The molecule has 1 aromatic heterocycles. The number of benzene rings is 2. The van der Waals surface area contributed by atoms with E-state index >= 15 is 0 Å². The van der Waals surface area contributed by atoms with Crippen LogP contribution < -0.4 is 5.32 Å². The van der Waals surface area contributed by atoms with Crippen molar-refractivity contribution in [2.45, 2.75) is 13.5 Å². The van der Waals surface area contributed by atoms with Crippen LogP contribution in [0.15, 0.2) is 54.9 Å². The smallest absolute Gasteiger partial charge is 0.246 e. The molecule has 1 heterocycles. The topological polar surface area (TPSA) is 76.9 Å². The van der Waals surface area contributed by atoms with Gasteiger partial charge in [-0.3, -0.25) is 9.59 Å². The molecule has 1 amide bonds. The Morgan fingerprint density at radius 2 is 1.92 bits per heavy atom.